The minimum atomic E-state index is -0.457. The number of aromatic amines is 1. The molecule has 0 saturated heterocycles. The minimum absolute atomic E-state index is 0.109. The van der Waals surface area contributed by atoms with Gasteiger partial charge in [-0.2, -0.15) is 5.10 Å². The van der Waals surface area contributed by atoms with Crippen LogP contribution in [0.15, 0.2) is 0 Å². The van der Waals surface area contributed by atoms with Crippen LogP contribution < -0.4 is 5.73 Å². The number of rotatable bonds is 3. The lowest BCUT2D eigenvalue weighted by molar-refractivity contribution is 0.263. The average molecular weight is 196 g/mol. The topological polar surface area (TPSA) is 87.8 Å². The lowest BCUT2D eigenvalue weighted by atomic mass is 10.1. The van der Waals surface area contributed by atoms with E-state index in [-0.39, 0.29) is 6.61 Å². The van der Waals surface area contributed by atoms with Crippen LogP contribution in [0.4, 0.5) is 0 Å². The first kappa shape index (κ1) is 9.61. The van der Waals surface area contributed by atoms with Gasteiger partial charge >= 0.3 is 0 Å². The van der Waals surface area contributed by atoms with Gasteiger partial charge in [-0.1, -0.05) is 12.8 Å². The van der Waals surface area contributed by atoms with E-state index in [1.165, 1.54) is 25.7 Å². The third-order valence-corrected chi connectivity index (χ3v) is 2.79. The Kier molecular flexibility index (Phi) is 2.79. The molecule has 1 aliphatic rings. The monoisotopic (exact) mass is 196 g/mol. The molecule has 0 unspecified atom stereocenters. The minimum Gasteiger partial charge on any atom is -0.394 e. The molecule has 1 fully saturated rings. The van der Waals surface area contributed by atoms with Crippen molar-refractivity contribution >= 4 is 0 Å². The zero-order valence-corrected chi connectivity index (χ0v) is 8.11. The highest BCUT2D eigenvalue weighted by atomic mass is 16.3. The summed E-state index contributed by atoms with van der Waals surface area (Å²) in [4.78, 5) is 4.31. The van der Waals surface area contributed by atoms with Crippen molar-refractivity contribution in [2.24, 2.45) is 5.73 Å². The summed E-state index contributed by atoms with van der Waals surface area (Å²) in [6.07, 6.45) is 4.91. The Morgan fingerprint density at radius 3 is 2.86 bits per heavy atom. The molecule has 14 heavy (non-hydrogen) atoms. The number of nitrogens with one attached hydrogen (secondary N) is 1. The average Bonchev–Trinajstić information content (AvgIpc) is 2.86. The van der Waals surface area contributed by atoms with Crippen molar-refractivity contribution < 1.29 is 5.11 Å². The molecule has 0 spiro atoms. The van der Waals surface area contributed by atoms with Gasteiger partial charge in [-0.25, -0.2) is 4.98 Å². The Bertz CT molecular complexity index is 293. The van der Waals surface area contributed by atoms with Crippen LogP contribution in [0.5, 0.6) is 0 Å². The number of aliphatic hydroxyl groups excluding tert-OH is 1. The van der Waals surface area contributed by atoms with Gasteiger partial charge in [0, 0.05) is 5.92 Å². The molecule has 1 heterocycles. The van der Waals surface area contributed by atoms with Gasteiger partial charge in [0.25, 0.3) is 0 Å². The Morgan fingerprint density at radius 1 is 1.50 bits per heavy atom. The number of H-pyrrole nitrogens is 1. The number of aliphatic hydroxyl groups is 1. The summed E-state index contributed by atoms with van der Waals surface area (Å²) in [7, 11) is 0. The van der Waals surface area contributed by atoms with Crippen LogP contribution in [-0.2, 0) is 0 Å². The van der Waals surface area contributed by atoms with Crippen LogP contribution in [0.2, 0.25) is 0 Å². The third-order valence-electron chi connectivity index (χ3n) is 2.79. The predicted octanol–water partition coefficient (Wildman–Crippen LogP) is 0.454. The van der Waals surface area contributed by atoms with E-state index in [1.54, 1.807) is 0 Å². The number of hydrogen-bond acceptors (Lipinski definition) is 4. The normalized spacial score (nSPS) is 20.1. The molecule has 5 heteroatoms. The van der Waals surface area contributed by atoms with E-state index in [2.05, 4.69) is 15.2 Å². The Hall–Kier alpha value is -0.940. The first-order valence-electron chi connectivity index (χ1n) is 5.10. The molecule has 1 saturated carbocycles. The molecule has 1 aliphatic carbocycles. The maximum absolute atomic E-state index is 8.84. The van der Waals surface area contributed by atoms with Crippen molar-refractivity contribution in [3.05, 3.63) is 11.6 Å². The van der Waals surface area contributed by atoms with Crippen LogP contribution in [0.25, 0.3) is 0 Å². The second-order valence-electron chi connectivity index (χ2n) is 3.85. The standard InChI is InChI=1S/C9H16N4O/c10-7(5-14)9-11-8(12-13-9)6-3-1-2-4-6/h6-7,14H,1-5,10H2,(H,11,12,13)/t7-/m1/s1. The number of nitrogens with two attached hydrogens (primary N) is 1. The van der Waals surface area contributed by atoms with Crippen LogP contribution in [0.1, 0.15) is 49.3 Å². The Morgan fingerprint density at radius 2 is 2.21 bits per heavy atom. The quantitative estimate of drug-likeness (QED) is 0.655. The molecule has 1 aromatic rings. The van der Waals surface area contributed by atoms with Gasteiger partial charge in [-0.05, 0) is 12.8 Å². The summed E-state index contributed by atoms with van der Waals surface area (Å²) in [5.41, 5.74) is 5.61. The van der Waals surface area contributed by atoms with E-state index >= 15 is 0 Å². The SMILES string of the molecule is N[C@H](CO)c1n[nH]c(C2CCCC2)n1. The lowest BCUT2D eigenvalue weighted by Crippen LogP contribution is -2.16. The Balaban J connectivity index is 2.08. The molecule has 1 aromatic heterocycles. The van der Waals surface area contributed by atoms with E-state index < -0.39 is 6.04 Å². The molecule has 2 rings (SSSR count). The molecular formula is C9H16N4O. The van der Waals surface area contributed by atoms with Crippen molar-refractivity contribution in [3.8, 4) is 0 Å². The molecule has 0 aliphatic heterocycles. The highest BCUT2D eigenvalue weighted by Crippen LogP contribution is 2.31. The number of hydrogen-bond donors (Lipinski definition) is 3. The van der Waals surface area contributed by atoms with Crippen molar-refractivity contribution in [1.82, 2.24) is 15.2 Å². The molecule has 4 N–H and O–H groups in total. The largest absolute Gasteiger partial charge is 0.394 e. The van der Waals surface area contributed by atoms with E-state index in [9.17, 15) is 0 Å². The van der Waals surface area contributed by atoms with Crippen LogP contribution in [0.3, 0.4) is 0 Å². The van der Waals surface area contributed by atoms with Gasteiger partial charge in [0.2, 0.25) is 0 Å². The van der Waals surface area contributed by atoms with Crippen LogP contribution >= 0.6 is 0 Å². The van der Waals surface area contributed by atoms with Gasteiger partial charge in [-0.3, -0.25) is 5.10 Å². The lowest BCUT2D eigenvalue weighted by Gasteiger charge is -2.03. The van der Waals surface area contributed by atoms with Gasteiger partial charge < -0.3 is 10.8 Å². The summed E-state index contributed by atoms with van der Waals surface area (Å²) < 4.78 is 0. The zero-order valence-electron chi connectivity index (χ0n) is 8.11. The highest BCUT2D eigenvalue weighted by molar-refractivity contribution is 5.02. The van der Waals surface area contributed by atoms with E-state index in [1.807, 2.05) is 0 Å². The van der Waals surface area contributed by atoms with Gasteiger partial charge in [0.15, 0.2) is 5.82 Å². The zero-order chi connectivity index (χ0) is 9.97. The molecule has 0 aromatic carbocycles. The molecular weight excluding hydrogens is 180 g/mol. The highest BCUT2D eigenvalue weighted by Gasteiger charge is 2.21. The molecule has 78 valence electrons. The summed E-state index contributed by atoms with van der Waals surface area (Å²) in [6.45, 7) is -0.109. The second-order valence-corrected chi connectivity index (χ2v) is 3.85. The first-order chi connectivity index (χ1) is 6.81. The molecule has 0 amide bonds. The molecule has 5 nitrogen and oxygen atoms in total. The van der Waals surface area contributed by atoms with Gasteiger partial charge in [0.05, 0.1) is 12.6 Å². The molecule has 0 bridgehead atoms. The number of nitrogens with zero attached hydrogens (tertiary/aromatic N) is 2. The predicted molar refractivity (Wildman–Crippen MR) is 51.6 cm³/mol. The fourth-order valence-corrected chi connectivity index (χ4v) is 1.92. The van der Waals surface area contributed by atoms with Crippen molar-refractivity contribution in [2.45, 2.75) is 37.6 Å². The van der Waals surface area contributed by atoms with E-state index in [4.69, 9.17) is 10.8 Å². The first-order valence-corrected chi connectivity index (χ1v) is 5.10. The number of aromatic nitrogens is 3. The van der Waals surface area contributed by atoms with Crippen molar-refractivity contribution in [3.63, 3.8) is 0 Å². The van der Waals surface area contributed by atoms with Gasteiger partial charge in [0.1, 0.15) is 5.82 Å². The van der Waals surface area contributed by atoms with E-state index in [0.717, 1.165) is 5.82 Å². The molecule has 0 radical (unpaired) electrons. The summed E-state index contributed by atoms with van der Waals surface area (Å²) >= 11 is 0. The maximum Gasteiger partial charge on any atom is 0.169 e. The fourth-order valence-electron chi connectivity index (χ4n) is 1.92. The van der Waals surface area contributed by atoms with Crippen molar-refractivity contribution in [1.29, 1.82) is 0 Å². The van der Waals surface area contributed by atoms with Gasteiger partial charge in [-0.15, -0.1) is 0 Å². The van der Waals surface area contributed by atoms with E-state index in [0.29, 0.717) is 11.7 Å². The smallest absolute Gasteiger partial charge is 0.169 e. The van der Waals surface area contributed by atoms with Crippen LogP contribution in [0, 0.1) is 0 Å². The summed E-state index contributed by atoms with van der Waals surface area (Å²) in [5, 5.41) is 15.8. The summed E-state index contributed by atoms with van der Waals surface area (Å²) in [6, 6.07) is -0.457. The fraction of sp³-hybridized carbons (Fsp3) is 0.778. The van der Waals surface area contributed by atoms with Crippen LogP contribution in [-0.4, -0.2) is 26.9 Å². The second kappa shape index (κ2) is 4.06. The Labute approximate surface area is 82.7 Å². The third kappa shape index (κ3) is 1.78. The molecule has 1 atom stereocenters. The summed E-state index contributed by atoms with van der Waals surface area (Å²) in [5.74, 6) is 1.97. The van der Waals surface area contributed by atoms with Crippen molar-refractivity contribution in [2.75, 3.05) is 6.61 Å². The maximum atomic E-state index is 8.84.